The number of ketones is 1. The van der Waals surface area contributed by atoms with Crippen LogP contribution in [0.25, 0.3) is 0 Å². The Bertz CT molecular complexity index is 1490. The second-order valence-electron chi connectivity index (χ2n) is 10.4. The lowest BCUT2D eigenvalue weighted by Gasteiger charge is -2.35. The molecule has 3 aromatic rings. The second-order valence-corrected chi connectivity index (χ2v) is 12.1. The van der Waals surface area contributed by atoms with Gasteiger partial charge in [0.05, 0.1) is 17.1 Å². The summed E-state index contributed by atoms with van der Waals surface area (Å²) in [5.74, 6) is -0.929. The number of nitrogens with one attached hydrogen (secondary N) is 2. The van der Waals surface area contributed by atoms with Crippen molar-refractivity contribution < 1.29 is 22.8 Å². The van der Waals surface area contributed by atoms with Crippen molar-refractivity contribution >= 4 is 33.3 Å². The summed E-state index contributed by atoms with van der Waals surface area (Å²) in [5.41, 5.74) is 1.04. The Kier molecular flexibility index (Phi) is 10.5. The fraction of sp³-hybridized carbons (Fsp3) is 0.323. The Morgan fingerprint density at radius 3 is 2.12 bits per heavy atom. The molecule has 222 valence electrons. The molecule has 11 heteroatoms. The standard InChI is InChI=1S/C31H37N5O5S/c1-34(2)17-8-18-35-19-21-36(22-20-35)29(37)23-32-31(39)25-13-15-26(16-14-25)42(40,41)33-28-12-7-6-11-27(28)30(38)24-9-4-3-5-10-24/h3-7,9-16,33H,8,17-23H2,1-2H3,(H,32,39). The van der Waals surface area contributed by atoms with Crippen LogP contribution >= 0.6 is 0 Å². The van der Waals surface area contributed by atoms with E-state index in [1.54, 1.807) is 53.4 Å². The van der Waals surface area contributed by atoms with Gasteiger partial charge in [-0.1, -0.05) is 42.5 Å². The Morgan fingerprint density at radius 1 is 0.810 bits per heavy atom. The largest absolute Gasteiger partial charge is 0.343 e. The van der Waals surface area contributed by atoms with E-state index in [2.05, 4.69) is 33.9 Å². The average molecular weight is 592 g/mol. The quantitative estimate of drug-likeness (QED) is 0.311. The van der Waals surface area contributed by atoms with Crippen molar-refractivity contribution in [1.82, 2.24) is 20.0 Å². The van der Waals surface area contributed by atoms with Crippen LogP contribution in [-0.4, -0.2) is 101 Å². The van der Waals surface area contributed by atoms with Crippen LogP contribution in [0.5, 0.6) is 0 Å². The molecule has 0 spiro atoms. The van der Waals surface area contributed by atoms with Gasteiger partial charge in [0.1, 0.15) is 0 Å². The van der Waals surface area contributed by atoms with Crippen LogP contribution in [0.3, 0.4) is 0 Å². The van der Waals surface area contributed by atoms with Gasteiger partial charge in [0, 0.05) is 42.9 Å². The number of piperazine rings is 1. The molecule has 0 unspecified atom stereocenters. The highest BCUT2D eigenvalue weighted by molar-refractivity contribution is 7.92. The van der Waals surface area contributed by atoms with E-state index >= 15 is 0 Å². The fourth-order valence-electron chi connectivity index (χ4n) is 4.71. The Labute approximate surface area is 247 Å². The number of anilines is 1. The number of amides is 2. The maximum Gasteiger partial charge on any atom is 0.261 e. The maximum atomic E-state index is 13.1. The summed E-state index contributed by atoms with van der Waals surface area (Å²) in [4.78, 5) is 44.5. The third-order valence-corrected chi connectivity index (χ3v) is 8.47. The van der Waals surface area contributed by atoms with Gasteiger partial charge in [-0.15, -0.1) is 0 Å². The SMILES string of the molecule is CN(C)CCCN1CCN(C(=O)CNC(=O)c2ccc(S(=O)(=O)Nc3ccccc3C(=O)c3ccccc3)cc2)CC1. The predicted molar refractivity (Wildman–Crippen MR) is 162 cm³/mol. The van der Waals surface area contributed by atoms with Gasteiger partial charge >= 0.3 is 0 Å². The van der Waals surface area contributed by atoms with E-state index in [9.17, 15) is 22.8 Å². The Balaban J connectivity index is 1.31. The fourth-order valence-corrected chi connectivity index (χ4v) is 5.79. The number of sulfonamides is 1. The van der Waals surface area contributed by atoms with Gasteiger partial charge in [-0.2, -0.15) is 0 Å². The molecule has 4 rings (SSSR count). The molecule has 10 nitrogen and oxygen atoms in total. The maximum absolute atomic E-state index is 13.1. The first-order chi connectivity index (χ1) is 20.1. The number of hydrogen-bond acceptors (Lipinski definition) is 7. The van der Waals surface area contributed by atoms with Gasteiger partial charge in [0.2, 0.25) is 5.91 Å². The Hall–Kier alpha value is -4.06. The summed E-state index contributed by atoms with van der Waals surface area (Å²) < 4.78 is 28.7. The summed E-state index contributed by atoms with van der Waals surface area (Å²) in [7, 11) is 0.0549. The second kappa shape index (κ2) is 14.2. The smallest absolute Gasteiger partial charge is 0.261 e. The van der Waals surface area contributed by atoms with Crippen LogP contribution in [0.1, 0.15) is 32.7 Å². The van der Waals surface area contributed by atoms with Crippen LogP contribution < -0.4 is 10.0 Å². The highest BCUT2D eigenvalue weighted by Crippen LogP contribution is 2.23. The molecule has 1 aliphatic rings. The van der Waals surface area contributed by atoms with Gasteiger partial charge in [0.15, 0.2) is 5.78 Å². The zero-order valence-electron chi connectivity index (χ0n) is 24.0. The van der Waals surface area contributed by atoms with E-state index in [4.69, 9.17) is 0 Å². The number of benzene rings is 3. The van der Waals surface area contributed by atoms with E-state index in [1.807, 2.05) is 0 Å². The summed E-state index contributed by atoms with van der Waals surface area (Å²) in [5, 5.41) is 2.64. The molecule has 0 radical (unpaired) electrons. The van der Waals surface area contributed by atoms with Crippen LogP contribution in [0.15, 0.2) is 83.8 Å². The number of rotatable bonds is 12. The molecule has 0 saturated carbocycles. The molecule has 0 aliphatic carbocycles. The zero-order valence-corrected chi connectivity index (χ0v) is 24.8. The summed E-state index contributed by atoms with van der Waals surface area (Å²) in [6.07, 6.45) is 1.08. The molecule has 1 aliphatic heterocycles. The number of hydrogen-bond donors (Lipinski definition) is 2. The highest BCUT2D eigenvalue weighted by atomic mass is 32.2. The van der Waals surface area contributed by atoms with Crippen molar-refractivity contribution in [3.05, 3.63) is 95.6 Å². The molecule has 2 amide bonds. The number of nitrogens with zero attached hydrogens (tertiary/aromatic N) is 3. The molecule has 1 heterocycles. The lowest BCUT2D eigenvalue weighted by molar-refractivity contribution is -0.131. The molecule has 0 atom stereocenters. The zero-order chi connectivity index (χ0) is 30.1. The lowest BCUT2D eigenvalue weighted by Crippen LogP contribution is -2.51. The molecule has 1 saturated heterocycles. The lowest BCUT2D eigenvalue weighted by atomic mass is 10.0. The van der Waals surface area contributed by atoms with Crippen molar-refractivity contribution in [3.63, 3.8) is 0 Å². The van der Waals surface area contributed by atoms with Crippen molar-refractivity contribution in [1.29, 1.82) is 0 Å². The average Bonchev–Trinajstić information content (AvgIpc) is 3.00. The van der Waals surface area contributed by atoms with Crippen molar-refractivity contribution in [2.24, 2.45) is 0 Å². The molecular formula is C31H37N5O5S. The predicted octanol–water partition coefficient (Wildman–Crippen LogP) is 2.54. The minimum absolute atomic E-state index is 0.0689. The molecule has 2 N–H and O–H groups in total. The molecule has 0 bridgehead atoms. The van der Waals surface area contributed by atoms with Gasteiger partial charge in [0.25, 0.3) is 15.9 Å². The number of carbonyl (C=O) groups is 3. The van der Waals surface area contributed by atoms with E-state index in [0.29, 0.717) is 18.7 Å². The van der Waals surface area contributed by atoms with Crippen molar-refractivity contribution in [3.8, 4) is 0 Å². The van der Waals surface area contributed by atoms with Crippen molar-refractivity contribution in [2.45, 2.75) is 11.3 Å². The minimum Gasteiger partial charge on any atom is -0.343 e. The number of carbonyl (C=O) groups excluding carboxylic acids is 3. The monoisotopic (exact) mass is 591 g/mol. The summed E-state index contributed by atoms with van der Waals surface area (Å²) in [6, 6.07) is 20.4. The van der Waals surface area contributed by atoms with Crippen LogP contribution in [-0.2, 0) is 14.8 Å². The van der Waals surface area contributed by atoms with Crippen LogP contribution in [0.4, 0.5) is 5.69 Å². The first-order valence-corrected chi connectivity index (χ1v) is 15.4. The van der Waals surface area contributed by atoms with Crippen LogP contribution in [0.2, 0.25) is 0 Å². The Morgan fingerprint density at radius 2 is 1.45 bits per heavy atom. The molecule has 42 heavy (non-hydrogen) atoms. The molecule has 0 aromatic heterocycles. The van der Waals surface area contributed by atoms with Gasteiger partial charge in [-0.05, 0) is 70.0 Å². The van der Waals surface area contributed by atoms with Crippen LogP contribution in [0, 0.1) is 0 Å². The first-order valence-electron chi connectivity index (χ1n) is 13.9. The van der Waals surface area contributed by atoms with Crippen molar-refractivity contribution in [2.75, 3.05) is 64.6 Å². The third-order valence-electron chi connectivity index (χ3n) is 7.08. The van der Waals surface area contributed by atoms with E-state index in [-0.39, 0.29) is 39.9 Å². The number of para-hydroxylation sites is 1. The molecule has 1 fully saturated rings. The van der Waals surface area contributed by atoms with E-state index < -0.39 is 15.9 Å². The van der Waals surface area contributed by atoms with Gasteiger partial charge in [-0.25, -0.2) is 8.42 Å². The minimum atomic E-state index is -4.05. The highest BCUT2D eigenvalue weighted by Gasteiger charge is 2.22. The van der Waals surface area contributed by atoms with Gasteiger partial charge < -0.3 is 15.1 Å². The van der Waals surface area contributed by atoms with Gasteiger partial charge in [-0.3, -0.25) is 24.0 Å². The summed E-state index contributed by atoms with van der Waals surface area (Å²) >= 11 is 0. The van der Waals surface area contributed by atoms with E-state index in [0.717, 1.165) is 32.6 Å². The molecular weight excluding hydrogens is 554 g/mol. The van der Waals surface area contributed by atoms with E-state index in [1.165, 1.54) is 30.3 Å². The molecule has 3 aromatic carbocycles. The topological polar surface area (TPSA) is 119 Å². The third kappa shape index (κ3) is 8.25. The summed E-state index contributed by atoms with van der Waals surface area (Å²) in [6.45, 7) is 4.75. The first kappa shape index (κ1) is 30.9. The normalized spacial score (nSPS) is 14.0.